The number of nitrogens with zero attached hydrogens (tertiary/aromatic N) is 2. The fourth-order valence-corrected chi connectivity index (χ4v) is 6.70. The second-order valence-electron chi connectivity index (χ2n) is 10.3. The Morgan fingerprint density at radius 3 is 2.70 bits per heavy atom. The molecule has 2 heterocycles. The average Bonchev–Trinajstić information content (AvgIpc) is 3.44. The van der Waals surface area contributed by atoms with Gasteiger partial charge >= 0.3 is 0 Å². The fraction of sp³-hybridized carbons (Fsp3) is 0.290. The summed E-state index contributed by atoms with van der Waals surface area (Å²) < 4.78 is 65.7. The molecule has 1 aliphatic rings. The molecule has 226 valence electrons. The summed E-state index contributed by atoms with van der Waals surface area (Å²) in [6, 6.07) is 14.7. The molecule has 3 aromatic carbocycles. The minimum absolute atomic E-state index is 0.00332. The lowest BCUT2D eigenvalue weighted by Gasteiger charge is -2.30. The molecule has 4 aromatic rings. The SMILES string of the molecule is CCCS(=O)(=O)CCNCC1(c2cc3c(Nc4ccc(OCc5cccc(F)c5)c(Br)c4)ncnc3cc2F)CC=CO1. The molecule has 12 heteroatoms. The maximum atomic E-state index is 15.5. The van der Waals surface area contributed by atoms with E-state index in [2.05, 4.69) is 36.5 Å². The van der Waals surface area contributed by atoms with Gasteiger partial charge in [0.2, 0.25) is 0 Å². The Balaban J connectivity index is 1.35. The number of sulfone groups is 1. The number of benzene rings is 3. The molecule has 0 fully saturated rings. The Labute approximate surface area is 257 Å². The average molecular weight is 674 g/mol. The van der Waals surface area contributed by atoms with Gasteiger partial charge in [0, 0.05) is 48.0 Å². The van der Waals surface area contributed by atoms with Gasteiger partial charge in [-0.05, 0) is 70.4 Å². The molecule has 0 spiro atoms. The van der Waals surface area contributed by atoms with Crippen molar-refractivity contribution < 1.29 is 26.7 Å². The number of rotatable bonds is 13. The van der Waals surface area contributed by atoms with Crippen LogP contribution >= 0.6 is 15.9 Å². The molecule has 0 aliphatic carbocycles. The lowest BCUT2D eigenvalue weighted by molar-refractivity contribution is 0.0385. The van der Waals surface area contributed by atoms with Crippen molar-refractivity contribution >= 4 is 48.2 Å². The summed E-state index contributed by atoms with van der Waals surface area (Å²) in [4.78, 5) is 8.67. The second-order valence-corrected chi connectivity index (χ2v) is 13.4. The van der Waals surface area contributed by atoms with Crippen molar-refractivity contribution in [3.05, 3.63) is 100 Å². The molecule has 1 aliphatic heterocycles. The van der Waals surface area contributed by atoms with Crippen LogP contribution in [0.25, 0.3) is 10.9 Å². The number of anilines is 2. The third kappa shape index (κ3) is 7.49. The lowest BCUT2D eigenvalue weighted by Crippen LogP contribution is -2.40. The van der Waals surface area contributed by atoms with Gasteiger partial charge in [0.15, 0.2) is 15.4 Å². The van der Waals surface area contributed by atoms with Crippen molar-refractivity contribution in [1.82, 2.24) is 15.3 Å². The third-order valence-corrected chi connectivity index (χ3v) is 9.52. The highest BCUT2D eigenvalue weighted by molar-refractivity contribution is 9.10. The zero-order chi connectivity index (χ0) is 30.5. The van der Waals surface area contributed by atoms with Crippen molar-refractivity contribution in [2.45, 2.75) is 32.0 Å². The maximum Gasteiger partial charge on any atom is 0.152 e. The summed E-state index contributed by atoms with van der Waals surface area (Å²) in [6.07, 6.45) is 5.68. The van der Waals surface area contributed by atoms with Gasteiger partial charge in [0.05, 0.1) is 22.0 Å². The van der Waals surface area contributed by atoms with Crippen molar-refractivity contribution in [2.24, 2.45) is 0 Å². The van der Waals surface area contributed by atoms with Gasteiger partial charge in [-0.2, -0.15) is 0 Å². The Morgan fingerprint density at radius 2 is 1.95 bits per heavy atom. The molecule has 0 bridgehead atoms. The zero-order valence-corrected chi connectivity index (χ0v) is 25.9. The third-order valence-electron chi connectivity index (χ3n) is 7.05. The number of aromatic nitrogens is 2. The molecule has 0 amide bonds. The fourth-order valence-electron chi connectivity index (χ4n) is 4.93. The molecule has 5 rings (SSSR count). The zero-order valence-electron chi connectivity index (χ0n) is 23.4. The smallest absolute Gasteiger partial charge is 0.152 e. The summed E-state index contributed by atoms with van der Waals surface area (Å²) in [6.45, 7) is 2.48. The minimum Gasteiger partial charge on any atom is -0.489 e. The minimum atomic E-state index is -3.15. The van der Waals surface area contributed by atoms with E-state index in [4.69, 9.17) is 9.47 Å². The summed E-state index contributed by atoms with van der Waals surface area (Å²) in [7, 11) is -3.15. The van der Waals surface area contributed by atoms with Crippen LogP contribution in [0.15, 0.2) is 77.7 Å². The van der Waals surface area contributed by atoms with E-state index in [1.165, 1.54) is 30.8 Å². The van der Waals surface area contributed by atoms with Gasteiger partial charge in [-0.15, -0.1) is 0 Å². The normalized spacial score (nSPS) is 16.4. The first-order valence-corrected chi connectivity index (χ1v) is 16.4. The standard InChI is InChI=1S/C31H31BrF2N4O4S/c1-2-12-43(39,40)13-10-35-19-31(9-4-11-42-31)25-16-24-28(17-27(25)34)36-20-37-30(24)38-23-7-8-29(26(32)15-23)41-18-21-5-3-6-22(33)14-21/h3-8,11,14-17,20,35H,2,9-10,12-13,18-19H2,1H3,(H,36,37,38). The summed E-state index contributed by atoms with van der Waals surface area (Å²) >= 11 is 3.53. The molecule has 1 aromatic heterocycles. The first-order chi connectivity index (χ1) is 20.7. The Hall–Kier alpha value is -3.61. The van der Waals surface area contributed by atoms with E-state index in [0.29, 0.717) is 56.6 Å². The summed E-state index contributed by atoms with van der Waals surface area (Å²) in [5.41, 5.74) is 1.07. The van der Waals surface area contributed by atoms with Crippen LogP contribution in [0, 0.1) is 11.6 Å². The molecule has 8 nitrogen and oxygen atoms in total. The van der Waals surface area contributed by atoms with Crippen molar-refractivity contribution in [3.8, 4) is 5.75 Å². The van der Waals surface area contributed by atoms with Crippen molar-refractivity contribution in [3.63, 3.8) is 0 Å². The highest BCUT2D eigenvalue weighted by atomic mass is 79.9. The number of hydrogen-bond donors (Lipinski definition) is 2. The summed E-state index contributed by atoms with van der Waals surface area (Å²) in [5.74, 6) is 0.366. The second kappa shape index (κ2) is 13.4. The molecule has 2 N–H and O–H groups in total. The van der Waals surface area contributed by atoms with Gasteiger partial charge in [-0.1, -0.05) is 19.1 Å². The van der Waals surface area contributed by atoms with Gasteiger partial charge in [-0.25, -0.2) is 27.2 Å². The summed E-state index contributed by atoms with van der Waals surface area (Å²) in [5, 5.41) is 7.02. The van der Waals surface area contributed by atoms with Crippen LogP contribution in [0.4, 0.5) is 20.3 Å². The number of halogens is 3. The Morgan fingerprint density at radius 1 is 1.09 bits per heavy atom. The van der Waals surface area contributed by atoms with Crippen LogP contribution < -0.4 is 15.4 Å². The van der Waals surface area contributed by atoms with Gasteiger partial charge in [-0.3, -0.25) is 0 Å². The molecule has 0 radical (unpaired) electrons. The van der Waals surface area contributed by atoms with Crippen LogP contribution in [0.1, 0.15) is 30.9 Å². The van der Waals surface area contributed by atoms with E-state index in [-0.39, 0.29) is 37.0 Å². The first kappa shape index (κ1) is 30.8. The van der Waals surface area contributed by atoms with E-state index < -0.39 is 21.3 Å². The maximum absolute atomic E-state index is 15.5. The molecular formula is C31H31BrF2N4O4S. The van der Waals surface area contributed by atoms with E-state index in [1.807, 2.05) is 25.1 Å². The Bertz CT molecular complexity index is 1750. The van der Waals surface area contributed by atoms with Crippen LogP contribution in [-0.2, 0) is 26.8 Å². The van der Waals surface area contributed by atoms with Crippen LogP contribution in [0.2, 0.25) is 0 Å². The molecule has 1 atom stereocenters. The van der Waals surface area contributed by atoms with Crippen LogP contribution in [0.5, 0.6) is 5.75 Å². The first-order valence-electron chi connectivity index (χ1n) is 13.8. The van der Waals surface area contributed by atoms with Gasteiger partial charge in [0.25, 0.3) is 0 Å². The number of fused-ring (bicyclic) bond motifs is 1. The van der Waals surface area contributed by atoms with E-state index in [0.717, 1.165) is 0 Å². The molecule has 1 unspecified atom stereocenters. The number of nitrogens with one attached hydrogen (secondary N) is 2. The monoisotopic (exact) mass is 672 g/mol. The molecule has 0 saturated heterocycles. The largest absolute Gasteiger partial charge is 0.489 e. The quantitative estimate of drug-likeness (QED) is 0.155. The number of ether oxygens (including phenoxy) is 2. The van der Waals surface area contributed by atoms with Crippen LogP contribution in [0.3, 0.4) is 0 Å². The van der Waals surface area contributed by atoms with E-state index >= 15 is 4.39 Å². The van der Waals surface area contributed by atoms with Gasteiger partial charge in [0.1, 0.15) is 36.1 Å². The molecule has 0 saturated carbocycles. The van der Waals surface area contributed by atoms with Gasteiger partial charge < -0.3 is 20.1 Å². The van der Waals surface area contributed by atoms with E-state index in [9.17, 15) is 12.8 Å². The highest BCUT2D eigenvalue weighted by Crippen LogP contribution is 2.39. The lowest BCUT2D eigenvalue weighted by atomic mass is 9.89. The Kier molecular flexibility index (Phi) is 9.58. The molecule has 43 heavy (non-hydrogen) atoms. The molecular weight excluding hydrogens is 642 g/mol. The van der Waals surface area contributed by atoms with E-state index in [1.54, 1.807) is 24.3 Å². The predicted molar refractivity (Wildman–Crippen MR) is 166 cm³/mol. The van der Waals surface area contributed by atoms with Crippen LogP contribution in [-0.4, -0.2) is 43.0 Å². The van der Waals surface area contributed by atoms with Crippen molar-refractivity contribution in [2.75, 3.05) is 29.9 Å². The highest BCUT2D eigenvalue weighted by Gasteiger charge is 2.38. The topological polar surface area (TPSA) is 102 Å². The predicted octanol–water partition coefficient (Wildman–Crippen LogP) is 6.54. The van der Waals surface area contributed by atoms with Crippen molar-refractivity contribution in [1.29, 1.82) is 0 Å². The number of hydrogen-bond acceptors (Lipinski definition) is 8.